The normalized spacial score (nSPS) is 17.0. The number of likely N-dealkylation sites (tertiary alicyclic amines) is 1. The first-order chi connectivity index (χ1) is 13.6. The summed E-state index contributed by atoms with van der Waals surface area (Å²) in [6, 6.07) is 15.2. The molecule has 0 aliphatic carbocycles. The molecule has 1 aromatic heterocycles. The Hall–Kier alpha value is -2.77. The number of rotatable bonds is 6. The predicted molar refractivity (Wildman–Crippen MR) is 109 cm³/mol. The van der Waals surface area contributed by atoms with Crippen LogP contribution in [-0.4, -0.2) is 26.7 Å². The minimum Gasteiger partial charge on any atom is -0.457 e. The summed E-state index contributed by atoms with van der Waals surface area (Å²) >= 11 is 1.47. The molecule has 3 aromatic rings. The van der Waals surface area contributed by atoms with Crippen LogP contribution in [0.25, 0.3) is 0 Å². The van der Waals surface area contributed by atoms with Gasteiger partial charge in [0.15, 0.2) is 5.82 Å². The molecule has 1 atom stereocenters. The average molecular weight is 395 g/mol. The second-order valence-electron chi connectivity index (χ2n) is 6.93. The predicted octanol–water partition coefficient (Wildman–Crippen LogP) is 4.07. The van der Waals surface area contributed by atoms with Crippen molar-refractivity contribution in [2.75, 3.05) is 6.54 Å². The van der Waals surface area contributed by atoms with Crippen molar-refractivity contribution in [2.45, 2.75) is 32.4 Å². The lowest BCUT2D eigenvalue weighted by atomic mass is 10.1. The molecular formula is C21H22N4O2S. The molecule has 1 aliphatic heterocycles. The van der Waals surface area contributed by atoms with E-state index >= 15 is 0 Å². The number of nitrogens with zero attached hydrogens (tertiary/aromatic N) is 3. The zero-order chi connectivity index (χ0) is 19.5. The molecule has 0 unspecified atom stereocenters. The summed E-state index contributed by atoms with van der Waals surface area (Å²) in [6.45, 7) is 3.94. The Morgan fingerprint density at radius 2 is 1.86 bits per heavy atom. The zero-order valence-corrected chi connectivity index (χ0v) is 16.5. The van der Waals surface area contributed by atoms with Gasteiger partial charge in [0.05, 0.1) is 6.04 Å². The van der Waals surface area contributed by atoms with Gasteiger partial charge in [-0.2, -0.15) is 4.37 Å². The van der Waals surface area contributed by atoms with Crippen LogP contribution in [-0.2, 0) is 6.54 Å². The van der Waals surface area contributed by atoms with Gasteiger partial charge in [0, 0.05) is 12.1 Å². The van der Waals surface area contributed by atoms with E-state index in [0.717, 1.165) is 36.1 Å². The number of carbonyl (C=O) groups is 1. The van der Waals surface area contributed by atoms with Gasteiger partial charge in [0.25, 0.3) is 0 Å². The molecule has 1 saturated heterocycles. The van der Waals surface area contributed by atoms with E-state index in [4.69, 9.17) is 10.5 Å². The third-order valence-corrected chi connectivity index (χ3v) is 5.52. The van der Waals surface area contributed by atoms with Crippen LogP contribution in [0.1, 0.15) is 45.6 Å². The van der Waals surface area contributed by atoms with Gasteiger partial charge in [-0.1, -0.05) is 12.1 Å². The van der Waals surface area contributed by atoms with Crippen molar-refractivity contribution in [3.63, 3.8) is 0 Å². The van der Waals surface area contributed by atoms with Gasteiger partial charge in [0.2, 0.25) is 5.91 Å². The number of nitrogens with two attached hydrogens (primary N) is 1. The lowest BCUT2D eigenvalue weighted by Gasteiger charge is -2.22. The summed E-state index contributed by atoms with van der Waals surface area (Å²) in [5.41, 5.74) is 6.95. The van der Waals surface area contributed by atoms with Crippen molar-refractivity contribution in [1.29, 1.82) is 0 Å². The molecule has 1 fully saturated rings. The zero-order valence-electron chi connectivity index (χ0n) is 15.7. The van der Waals surface area contributed by atoms with E-state index < -0.39 is 5.91 Å². The van der Waals surface area contributed by atoms with Gasteiger partial charge in [-0.15, -0.1) is 0 Å². The first kappa shape index (κ1) is 18.6. The topological polar surface area (TPSA) is 81.3 Å². The third kappa shape index (κ3) is 4.21. The standard InChI is InChI=1S/C21H22N4O2S/c1-14-23-21(24-28-14)19-3-2-12-25(19)13-15-4-8-17(9-5-15)27-18-10-6-16(7-11-18)20(22)26/h4-11,19H,2-3,12-13H2,1H3,(H2,22,26)/t19-/m0/s1. The maximum atomic E-state index is 11.1. The number of carbonyl (C=O) groups excluding carboxylic acids is 1. The van der Waals surface area contributed by atoms with E-state index in [0.29, 0.717) is 17.4 Å². The number of primary amides is 1. The molecule has 4 rings (SSSR count). The largest absolute Gasteiger partial charge is 0.457 e. The Kier molecular flexibility index (Phi) is 5.36. The Bertz CT molecular complexity index is 953. The van der Waals surface area contributed by atoms with E-state index in [1.165, 1.54) is 23.5 Å². The maximum absolute atomic E-state index is 11.1. The molecule has 144 valence electrons. The van der Waals surface area contributed by atoms with Crippen LogP contribution in [0.3, 0.4) is 0 Å². The van der Waals surface area contributed by atoms with Crippen molar-refractivity contribution in [2.24, 2.45) is 5.73 Å². The monoisotopic (exact) mass is 394 g/mol. The Balaban J connectivity index is 1.39. The molecule has 2 aromatic carbocycles. The van der Waals surface area contributed by atoms with E-state index in [-0.39, 0.29) is 0 Å². The number of aryl methyl sites for hydroxylation is 1. The molecular weight excluding hydrogens is 372 g/mol. The van der Waals surface area contributed by atoms with Gasteiger partial charge >= 0.3 is 0 Å². The highest BCUT2D eigenvalue weighted by molar-refractivity contribution is 7.05. The molecule has 2 heterocycles. The fourth-order valence-electron chi connectivity index (χ4n) is 3.48. The number of hydrogen-bond acceptors (Lipinski definition) is 6. The number of ether oxygens (including phenoxy) is 1. The first-order valence-electron chi connectivity index (χ1n) is 9.29. The van der Waals surface area contributed by atoms with Crippen LogP contribution in [0.4, 0.5) is 0 Å². The van der Waals surface area contributed by atoms with Crippen LogP contribution >= 0.6 is 11.5 Å². The van der Waals surface area contributed by atoms with Gasteiger partial charge in [-0.3, -0.25) is 9.69 Å². The molecule has 1 amide bonds. The molecule has 0 spiro atoms. The van der Waals surface area contributed by atoms with E-state index in [1.54, 1.807) is 24.3 Å². The quantitative estimate of drug-likeness (QED) is 0.681. The summed E-state index contributed by atoms with van der Waals surface area (Å²) in [7, 11) is 0. The molecule has 1 aliphatic rings. The van der Waals surface area contributed by atoms with Crippen LogP contribution in [0, 0.1) is 6.92 Å². The minimum atomic E-state index is -0.445. The van der Waals surface area contributed by atoms with Crippen molar-refractivity contribution >= 4 is 17.4 Å². The highest BCUT2D eigenvalue weighted by Crippen LogP contribution is 2.32. The molecule has 0 saturated carbocycles. The summed E-state index contributed by atoms with van der Waals surface area (Å²) in [6.07, 6.45) is 2.28. The van der Waals surface area contributed by atoms with Crippen LogP contribution in [0.5, 0.6) is 11.5 Å². The molecule has 28 heavy (non-hydrogen) atoms. The van der Waals surface area contributed by atoms with E-state index in [1.807, 2.05) is 19.1 Å². The van der Waals surface area contributed by atoms with Crippen molar-refractivity contribution in [1.82, 2.24) is 14.3 Å². The number of amides is 1. The van der Waals surface area contributed by atoms with Crippen molar-refractivity contribution < 1.29 is 9.53 Å². The average Bonchev–Trinajstić information content (AvgIpc) is 3.32. The fraction of sp³-hybridized carbons (Fsp3) is 0.286. The van der Waals surface area contributed by atoms with Gasteiger partial charge in [-0.25, -0.2) is 4.98 Å². The summed E-state index contributed by atoms with van der Waals surface area (Å²) in [4.78, 5) is 18.2. The van der Waals surface area contributed by atoms with Gasteiger partial charge < -0.3 is 10.5 Å². The van der Waals surface area contributed by atoms with Crippen LogP contribution in [0.2, 0.25) is 0 Å². The van der Waals surface area contributed by atoms with Crippen molar-refractivity contribution in [3.05, 3.63) is 70.5 Å². The van der Waals surface area contributed by atoms with Crippen LogP contribution in [0.15, 0.2) is 48.5 Å². The lowest BCUT2D eigenvalue weighted by molar-refractivity contribution is 0.100. The second kappa shape index (κ2) is 8.08. The molecule has 6 nitrogen and oxygen atoms in total. The highest BCUT2D eigenvalue weighted by atomic mass is 32.1. The summed E-state index contributed by atoms with van der Waals surface area (Å²) < 4.78 is 10.4. The smallest absolute Gasteiger partial charge is 0.248 e. The third-order valence-electron chi connectivity index (χ3n) is 4.89. The second-order valence-corrected chi connectivity index (χ2v) is 7.89. The van der Waals surface area contributed by atoms with Crippen LogP contribution < -0.4 is 10.5 Å². The molecule has 0 bridgehead atoms. The number of aromatic nitrogens is 2. The summed E-state index contributed by atoms with van der Waals surface area (Å²) in [5.74, 6) is 1.94. The Morgan fingerprint density at radius 3 is 2.46 bits per heavy atom. The lowest BCUT2D eigenvalue weighted by Crippen LogP contribution is -2.23. The maximum Gasteiger partial charge on any atom is 0.248 e. The van der Waals surface area contributed by atoms with Gasteiger partial charge in [0.1, 0.15) is 16.5 Å². The van der Waals surface area contributed by atoms with Gasteiger partial charge in [-0.05, 0) is 79.8 Å². The fourth-order valence-corrected chi connectivity index (χ4v) is 4.00. The molecule has 0 radical (unpaired) electrons. The minimum absolute atomic E-state index is 0.310. The molecule has 2 N–H and O–H groups in total. The van der Waals surface area contributed by atoms with E-state index in [2.05, 4.69) is 26.4 Å². The Morgan fingerprint density at radius 1 is 1.18 bits per heavy atom. The van der Waals surface area contributed by atoms with E-state index in [9.17, 15) is 4.79 Å². The SMILES string of the molecule is Cc1nc([C@@H]2CCCN2Cc2ccc(Oc3ccc(C(N)=O)cc3)cc2)ns1. The highest BCUT2D eigenvalue weighted by Gasteiger charge is 2.28. The summed E-state index contributed by atoms with van der Waals surface area (Å²) in [5, 5.41) is 1.02. The number of hydrogen-bond donors (Lipinski definition) is 1. The molecule has 7 heteroatoms. The first-order valence-corrected chi connectivity index (χ1v) is 10.1. The Labute approximate surface area is 168 Å². The number of benzene rings is 2. The van der Waals surface area contributed by atoms with Crippen molar-refractivity contribution in [3.8, 4) is 11.5 Å².